The third-order valence-corrected chi connectivity index (χ3v) is 7.34. The number of hydrogen-bond acceptors (Lipinski definition) is 4. The predicted octanol–water partition coefficient (Wildman–Crippen LogP) is 1.24. The van der Waals surface area contributed by atoms with Crippen molar-refractivity contribution >= 4 is 27.3 Å². The molecule has 1 saturated carbocycles. The van der Waals surface area contributed by atoms with E-state index in [0.29, 0.717) is 36.3 Å². The Bertz CT molecular complexity index is 589. The summed E-state index contributed by atoms with van der Waals surface area (Å²) >= 11 is 1.24. The van der Waals surface area contributed by atoms with Gasteiger partial charge in [0.15, 0.2) is 0 Å². The van der Waals surface area contributed by atoms with E-state index in [-0.39, 0.29) is 11.8 Å². The number of sulfonamides is 1. The quantitative estimate of drug-likeness (QED) is 0.843. The second-order valence-electron chi connectivity index (χ2n) is 5.48. The molecule has 7 heteroatoms. The summed E-state index contributed by atoms with van der Waals surface area (Å²) in [5.41, 5.74) is 0. The van der Waals surface area contributed by atoms with Crippen LogP contribution in [0.2, 0.25) is 0 Å². The molecule has 0 aromatic carbocycles. The monoisotopic (exact) mass is 314 g/mol. The molecule has 0 unspecified atom stereocenters. The normalized spacial score (nSPS) is 27.6. The zero-order valence-corrected chi connectivity index (χ0v) is 13.0. The maximum Gasteiger partial charge on any atom is 0.252 e. The maximum absolute atomic E-state index is 12.4. The molecule has 1 aliphatic carbocycles. The number of nitrogens with zero attached hydrogens (tertiary/aromatic N) is 2. The highest BCUT2D eigenvalue weighted by atomic mass is 32.2. The minimum atomic E-state index is -3.37. The SMILES string of the molecule is C[C@H]1C[C@H]1C(=O)N1CCN(S(=O)(=O)c2cccs2)CC1. The molecule has 0 N–H and O–H groups in total. The summed E-state index contributed by atoms with van der Waals surface area (Å²) in [5.74, 6) is 0.872. The molecule has 1 aromatic heterocycles. The van der Waals surface area contributed by atoms with Gasteiger partial charge in [0.2, 0.25) is 5.91 Å². The highest BCUT2D eigenvalue weighted by Gasteiger charge is 2.42. The van der Waals surface area contributed by atoms with Gasteiger partial charge in [0.1, 0.15) is 4.21 Å². The van der Waals surface area contributed by atoms with Crippen LogP contribution in [0.15, 0.2) is 21.7 Å². The molecule has 2 aliphatic rings. The molecule has 0 spiro atoms. The van der Waals surface area contributed by atoms with Crippen LogP contribution in [-0.2, 0) is 14.8 Å². The van der Waals surface area contributed by atoms with Crippen molar-refractivity contribution in [2.45, 2.75) is 17.6 Å². The molecular formula is C13H18N2O3S2. The largest absolute Gasteiger partial charge is 0.340 e. The van der Waals surface area contributed by atoms with Crippen molar-refractivity contribution in [3.63, 3.8) is 0 Å². The lowest BCUT2D eigenvalue weighted by Gasteiger charge is -2.33. The first-order valence-corrected chi connectivity index (χ1v) is 9.14. The van der Waals surface area contributed by atoms with Crippen molar-refractivity contribution in [3.05, 3.63) is 17.5 Å². The lowest BCUT2D eigenvalue weighted by atomic mass is 10.2. The molecule has 20 heavy (non-hydrogen) atoms. The zero-order valence-electron chi connectivity index (χ0n) is 11.4. The van der Waals surface area contributed by atoms with Crippen molar-refractivity contribution in [2.24, 2.45) is 11.8 Å². The van der Waals surface area contributed by atoms with Crippen LogP contribution in [0.5, 0.6) is 0 Å². The van der Waals surface area contributed by atoms with Crippen LogP contribution < -0.4 is 0 Å². The van der Waals surface area contributed by atoms with E-state index < -0.39 is 10.0 Å². The van der Waals surface area contributed by atoms with Crippen molar-refractivity contribution in [2.75, 3.05) is 26.2 Å². The molecule has 0 radical (unpaired) electrons. The Balaban J connectivity index is 1.63. The minimum absolute atomic E-state index is 0.176. The van der Waals surface area contributed by atoms with E-state index in [1.807, 2.05) is 4.90 Å². The molecular weight excluding hydrogens is 296 g/mol. The second kappa shape index (κ2) is 5.13. The van der Waals surface area contributed by atoms with Gasteiger partial charge in [0.05, 0.1) is 0 Å². The van der Waals surface area contributed by atoms with E-state index in [9.17, 15) is 13.2 Å². The van der Waals surface area contributed by atoms with Crippen LogP contribution in [0.3, 0.4) is 0 Å². The molecule has 5 nitrogen and oxygen atoms in total. The Morgan fingerprint density at radius 2 is 1.95 bits per heavy atom. The topological polar surface area (TPSA) is 57.7 Å². The van der Waals surface area contributed by atoms with Gasteiger partial charge in [-0.25, -0.2) is 8.42 Å². The lowest BCUT2D eigenvalue weighted by Crippen LogP contribution is -2.50. The zero-order chi connectivity index (χ0) is 14.3. The first-order valence-electron chi connectivity index (χ1n) is 6.82. The second-order valence-corrected chi connectivity index (χ2v) is 8.59. The Morgan fingerprint density at radius 1 is 1.30 bits per heavy atom. The number of carbonyl (C=O) groups excluding carboxylic acids is 1. The van der Waals surface area contributed by atoms with Crippen molar-refractivity contribution in [3.8, 4) is 0 Å². The van der Waals surface area contributed by atoms with Gasteiger partial charge in [-0.1, -0.05) is 13.0 Å². The van der Waals surface area contributed by atoms with Gasteiger partial charge in [0.25, 0.3) is 10.0 Å². The van der Waals surface area contributed by atoms with Crippen LogP contribution in [0, 0.1) is 11.8 Å². The number of hydrogen-bond donors (Lipinski definition) is 0. The van der Waals surface area contributed by atoms with Gasteiger partial charge in [-0.2, -0.15) is 4.31 Å². The first-order chi connectivity index (χ1) is 9.50. The van der Waals surface area contributed by atoms with Crippen LogP contribution in [0.4, 0.5) is 0 Å². The average molecular weight is 314 g/mol. The van der Waals surface area contributed by atoms with Crippen molar-refractivity contribution in [1.29, 1.82) is 0 Å². The highest BCUT2D eigenvalue weighted by Crippen LogP contribution is 2.39. The van der Waals surface area contributed by atoms with Crippen molar-refractivity contribution in [1.82, 2.24) is 9.21 Å². The van der Waals surface area contributed by atoms with E-state index in [1.54, 1.807) is 17.5 Å². The minimum Gasteiger partial charge on any atom is -0.340 e. The van der Waals surface area contributed by atoms with Crippen LogP contribution >= 0.6 is 11.3 Å². The summed E-state index contributed by atoms with van der Waals surface area (Å²) in [6.07, 6.45) is 0.979. The summed E-state index contributed by atoms with van der Waals surface area (Å²) in [6.45, 7) is 3.89. The van der Waals surface area contributed by atoms with Crippen molar-refractivity contribution < 1.29 is 13.2 Å². The number of amides is 1. The number of piperazine rings is 1. The van der Waals surface area contributed by atoms with Gasteiger partial charge < -0.3 is 4.90 Å². The molecule has 2 atom stereocenters. The van der Waals surface area contributed by atoms with Gasteiger partial charge in [-0.05, 0) is 23.8 Å². The summed E-state index contributed by atoms with van der Waals surface area (Å²) < 4.78 is 26.6. The highest BCUT2D eigenvalue weighted by molar-refractivity contribution is 7.91. The van der Waals surface area contributed by atoms with Crippen LogP contribution in [-0.4, -0.2) is 49.7 Å². The van der Waals surface area contributed by atoms with Crippen LogP contribution in [0.25, 0.3) is 0 Å². The van der Waals surface area contributed by atoms with E-state index in [2.05, 4.69) is 6.92 Å². The van der Waals surface area contributed by atoms with Gasteiger partial charge in [-0.15, -0.1) is 11.3 Å². The molecule has 0 bridgehead atoms. The molecule has 1 aliphatic heterocycles. The number of rotatable bonds is 3. The Labute approximate surface area is 123 Å². The standard InChI is InChI=1S/C13H18N2O3S2/c1-10-9-11(10)13(16)14-4-6-15(7-5-14)20(17,18)12-3-2-8-19-12/h2-3,8,10-11H,4-7,9H2,1H3/t10-,11+/m0/s1. The van der Waals surface area contributed by atoms with Gasteiger partial charge in [-0.3, -0.25) is 4.79 Å². The smallest absolute Gasteiger partial charge is 0.252 e. The lowest BCUT2D eigenvalue weighted by molar-refractivity contribution is -0.134. The van der Waals surface area contributed by atoms with Gasteiger partial charge >= 0.3 is 0 Å². The number of thiophene rings is 1. The molecule has 110 valence electrons. The maximum atomic E-state index is 12.4. The molecule has 3 rings (SSSR count). The summed E-state index contributed by atoms with van der Waals surface area (Å²) in [7, 11) is -3.37. The average Bonchev–Trinajstić information content (AvgIpc) is 2.95. The van der Waals surface area contributed by atoms with Crippen LogP contribution in [0.1, 0.15) is 13.3 Å². The fourth-order valence-electron chi connectivity index (χ4n) is 2.59. The third-order valence-electron chi connectivity index (χ3n) is 4.07. The molecule has 1 aromatic rings. The Kier molecular flexibility index (Phi) is 3.60. The third kappa shape index (κ3) is 2.49. The van der Waals surface area contributed by atoms with E-state index in [0.717, 1.165) is 6.42 Å². The Hall–Kier alpha value is -0.920. The Morgan fingerprint density at radius 3 is 2.45 bits per heavy atom. The van der Waals surface area contributed by atoms with E-state index >= 15 is 0 Å². The van der Waals surface area contributed by atoms with Gasteiger partial charge in [0, 0.05) is 32.1 Å². The van der Waals surface area contributed by atoms with E-state index in [1.165, 1.54) is 15.6 Å². The fourth-order valence-corrected chi connectivity index (χ4v) is 5.15. The molecule has 2 fully saturated rings. The summed E-state index contributed by atoms with van der Waals surface area (Å²) in [4.78, 5) is 13.9. The first kappa shape index (κ1) is 14.0. The molecule has 2 heterocycles. The molecule has 1 amide bonds. The molecule has 1 saturated heterocycles. The fraction of sp³-hybridized carbons (Fsp3) is 0.615. The number of carbonyl (C=O) groups is 1. The summed E-state index contributed by atoms with van der Waals surface area (Å²) in [6, 6.07) is 3.37. The summed E-state index contributed by atoms with van der Waals surface area (Å²) in [5, 5.41) is 1.77. The van der Waals surface area contributed by atoms with E-state index in [4.69, 9.17) is 0 Å². The predicted molar refractivity (Wildman–Crippen MR) is 76.9 cm³/mol.